The summed E-state index contributed by atoms with van der Waals surface area (Å²) in [4.78, 5) is 12.0. The van der Waals surface area contributed by atoms with E-state index in [9.17, 15) is 4.79 Å². The van der Waals surface area contributed by atoms with Gasteiger partial charge < -0.3 is 14.8 Å². The first-order valence-electron chi connectivity index (χ1n) is 7.93. The summed E-state index contributed by atoms with van der Waals surface area (Å²) in [7, 11) is 3.21. The van der Waals surface area contributed by atoms with Gasteiger partial charge in [-0.15, -0.1) is 0 Å². The number of benzene rings is 1. The number of hydrogen-bond donors (Lipinski definition) is 1. The molecule has 0 radical (unpaired) electrons. The SMILES string of the molecule is COc1ccc(C=CC(=O)NC2CCCCCC2)cc1OC. The molecule has 1 aliphatic carbocycles. The Labute approximate surface area is 132 Å². The molecule has 0 spiro atoms. The maximum atomic E-state index is 12.0. The standard InChI is InChI=1S/C18H25NO3/c1-21-16-11-9-14(13-17(16)22-2)10-12-18(20)19-15-7-5-3-4-6-8-15/h9-13,15H,3-8H2,1-2H3,(H,19,20). The second-order valence-electron chi connectivity index (χ2n) is 5.64. The lowest BCUT2D eigenvalue weighted by atomic mass is 10.1. The van der Waals surface area contributed by atoms with E-state index in [2.05, 4.69) is 5.32 Å². The third kappa shape index (κ3) is 4.79. The molecular formula is C18H25NO3. The summed E-state index contributed by atoms with van der Waals surface area (Å²) in [6.07, 6.45) is 10.6. The fourth-order valence-electron chi connectivity index (χ4n) is 2.80. The van der Waals surface area contributed by atoms with Crippen molar-refractivity contribution in [3.05, 3.63) is 29.8 Å². The van der Waals surface area contributed by atoms with E-state index in [-0.39, 0.29) is 5.91 Å². The van der Waals surface area contributed by atoms with Gasteiger partial charge in [0.15, 0.2) is 11.5 Å². The predicted molar refractivity (Wildman–Crippen MR) is 88.2 cm³/mol. The molecular weight excluding hydrogens is 278 g/mol. The van der Waals surface area contributed by atoms with Crippen LogP contribution in [0, 0.1) is 0 Å². The van der Waals surface area contributed by atoms with Crippen LogP contribution in [0.2, 0.25) is 0 Å². The van der Waals surface area contributed by atoms with Gasteiger partial charge in [0.25, 0.3) is 0 Å². The molecule has 0 bridgehead atoms. The summed E-state index contributed by atoms with van der Waals surface area (Å²) >= 11 is 0. The van der Waals surface area contributed by atoms with Crippen molar-refractivity contribution in [1.82, 2.24) is 5.32 Å². The quantitative estimate of drug-likeness (QED) is 0.668. The number of carbonyl (C=O) groups excluding carboxylic acids is 1. The first-order chi connectivity index (χ1) is 10.7. The van der Waals surface area contributed by atoms with Crippen LogP contribution >= 0.6 is 0 Å². The molecule has 0 atom stereocenters. The van der Waals surface area contributed by atoms with Crippen LogP contribution in [0.4, 0.5) is 0 Å². The van der Waals surface area contributed by atoms with Crippen LogP contribution in [-0.2, 0) is 4.79 Å². The maximum absolute atomic E-state index is 12.0. The summed E-state index contributed by atoms with van der Waals surface area (Å²) in [5.41, 5.74) is 0.911. The predicted octanol–water partition coefficient (Wildman–Crippen LogP) is 3.56. The zero-order chi connectivity index (χ0) is 15.8. The minimum atomic E-state index is -0.0262. The number of carbonyl (C=O) groups is 1. The van der Waals surface area contributed by atoms with Crippen LogP contribution in [0.1, 0.15) is 44.1 Å². The molecule has 1 saturated carbocycles. The zero-order valence-corrected chi connectivity index (χ0v) is 13.4. The van der Waals surface area contributed by atoms with Crippen LogP contribution in [0.5, 0.6) is 11.5 Å². The molecule has 0 aliphatic heterocycles. The number of rotatable bonds is 5. The molecule has 22 heavy (non-hydrogen) atoms. The highest BCUT2D eigenvalue weighted by molar-refractivity contribution is 5.92. The molecule has 2 rings (SSSR count). The van der Waals surface area contributed by atoms with Crippen LogP contribution in [-0.4, -0.2) is 26.2 Å². The van der Waals surface area contributed by atoms with E-state index in [0.29, 0.717) is 17.5 Å². The van der Waals surface area contributed by atoms with Gasteiger partial charge in [0, 0.05) is 12.1 Å². The average Bonchev–Trinajstić information content (AvgIpc) is 2.81. The van der Waals surface area contributed by atoms with E-state index >= 15 is 0 Å². The Balaban J connectivity index is 1.94. The highest BCUT2D eigenvalue weighted by Gasteiger charge is 2.13. The molecule has 0 heterocycles. The van der Waals surface area contributed by atoms with Crippen molar-refractivity contribution >= 4 is 12.0 Å². The van der Waals surface area contributed by atoms with E-state index in [1.807, 2.05) is 18.2 Å². The number of ether oxygens (including phenoxy) is 2. The Morgan fingerprint density at radius 3 is 2.41 bits per heavy atom. The molecule has 1 aliphatic rings. The molecule has 1 N–H and O–H groups in total. The molecule has 0 unspecified atom stereocenters. The molecule has 1 aromatic carbocycles. The number of methoxy groups -OCH3 is 2. The third-order valence-corrected chi connectivity index (χ3v) is 4.04. The number of nitrogens with one attached hydrogen (secondary N) is 1. The lowest BCUT2D eigenvalue weighted by Gasteiger charge is -2.14. The average molecular weight is 303 g/mol. The van der Waals surface area contributed by atoms with Gasteiger partial charge in [-0.05, 0) is 36.6 Å². The van der Waals surface area contributed by atoms with Crippen LogP contribution in [0.25, 0.3) is 6.08 Å². The molecule has 4 nitrogen and oxygen atoms in total. The van der Waals surface area contributed by atoms with E-state index in [0.717, 1.165) is 18.4 Å². The zero-order valence-electron chi connectivity index (χ0n) is 13.4. The molecule has 1 amide bonds. The van der Waals surface area contributed by atoms with Gasteiger partial charge in [0.2, 0.25) is 5.91 Å². The van der Waals surface area contributed by atoms with Crippen LogP contribution < -0.4 is 14.8 Å². The minimum Gasteiger partial charge on any atom is -0.493 e. The van der Waals surface area contributed by atoms with E-state index in [1.54, 1.807) is 26.4 Å². The normalized spacial score (nSPS) is 16.3. The Bertz CT molecular complexity index is 517. The lowest BCUT2D eigenvalue weighted by Crippen LogP contribution is -2.33. The summed E-state index contributed by atoms with van der Waals surface area (Å²) < 4.78 is 10.5. The van der Waals surface area contributed by atoms with Gasteiger partial charge in [-0.25, -0.2) is 0 Å². The van der Waals surface area contributed by atoms with Gasteiger partial charge in [-0.3, -0.25) is 4.79 Å². The second kappa shape index (κ2) is 8.47. The first-order valence-corrected chi connectivity index (χ1v) is 7.93. The van der Waals surface area contributed by atoms with Crippen molar-refractivity contribution in [1.29, 1.82) is 0 Å². The van der Waals surface area contributed by atoms with E-state index in [4.69, 9.17) is 9.47 Å². The summed E-state index contributed by atoms with van der Waals surface area (Å²) in [5, 5.41) is 3.10. The largest absolute Gasteiger partial charge is 0.493 e. The fourth-order valence-corrected chi connectivity index (χ4v) is 2.80. The van der Waals surface area contributed by atoms with Gasteiger partial charge in [-0.1, -0.05) is 31.7 Å². The Hall–Kier alpha value is -1.97. The van der Waals surface area contributed by atoms with Gasteiger partial charge in [0.05, 0.1) is 14.2 Å². The number of hydrogen-bond acceptors (Lipinski definition) is 3. The highest BCUT2D eigenvalue weighted by atomic mass is 16.5. The topological polar surface area (TPSA) is 47.6 Å². The number of amides is 1. The fraction of sp³-hybridized carbons (Fsp3) is 0.500. The van der Waals surface area contributed by atoms with Crippen molar-refractivity contribution in [3.8, 4) is 11.5 Å². The van der Waals surface area contributed by atoms with Crippen molar-refractivity contribution in [2.24, 2.45) is 0 Å². The molecule has 4 heteroatoms. The van der Waals surface area contributed by atoms with Gasteiger partial charge in [0.1, 0.15) is 0 Å². The molecule has 0 saturated heterocycles. The maximum Gasteiger partial charge on any atom is 0.244 e. The second-order valence-corrected chi connectivity index (χ2v) is 5.64. The minimum absolute atomic E-state index is 0.0262. The third-order valence-electron chi connectivity index (χ3n) is 4.04. The van der Waals surface area contributed by atoms with E-state index in [1.165, 1.54) is 25.7 Å². The molecule has 1 aromatic rings. The highest BCUT2D eigenvalue weighted by Crippen LogP contribution is 2.27. The smallest absolute Gasteiger partial charge is 0.244 e. The van der Waals surface area contributed by atoms with Gasteiger partial charge in [-0.2, -0.15) is 0 Å². The monoisotopic (exact) mass is 303 g/mol. The van der Waals surface area contributed by atoms with Crippen molar-refractivity contribution in [3.63, 3.8) is 0 Å². The van der Waals surface area contributed by atoms with Crippen LogP contribution in [0.3, 0.4) is 0 Å². The van der Waals surface area contributed by atoms with Crippen molar-refractivity contribution < 1.29 is 14.3 Å². The Kier molecular flexibility index (Phi) is 6.31. The lowest BCUT2D eigenvalue weighted by molar-refractivity contribution is -0.117. The van der Waals surface area contributed by atoms with Crippen molar-refractivity contribution in [2.75, 3.05) is 14.2 Å². The molecule has 120 valence electrons. The molecule has 1 fully saturated rings. The Morgan fingerprint density at radius 2 is 1.77 bits per heavy atom. The first kappa shape index (κ1) is 16.4. The summed E-state index contributed by atoms with van der Waals surface area (Å²) in [6, 6.07) is 5.91. The van der Waals surface area contributed by atoms with Crippen LogP contribution in [0.15, 0.2) is 24.3 Å². The molecule has 0 aromatic heterocycles. The van der Waals surface area contributed by atoms with E-state index < -0.39 is 0 Å². The Morgan fingerprint density at radius 1 is 1.09 bits per heavy atom. The van der Waals surface area contributed by atoms with Gasteiger partial charge >= 0.3 is 0 Å². The van der Waals surface area contributed by atoms with Crippen molar-refractivity contribution in [2.45, 2.75) is 44.6 Å². The summed E-state index contributed by atoms with van der Waals surface area (Å²) in [6.45, 7) is 0. The summed E-state index contributed by atoms with van der Waals surface area (Å²) in [5.74, 6) is 1.32.